The second-order valence-corrected chi connectivity index (χ2v) is 6.78. The minimum atomic E-state index is -1.03. The van der Waals surface area contributed by atoms with E-state index in [4.69, 9.17) is 16.3 Å². The molecule has 0 spiro atoms. The van der Waals surface area contributed by atoms with Gasteiger partial charge in [-0.1, -0.05) is 11.6 Å². The van der Waals surface area contributed by atoms with Crippen molar-refractivity contribution in [2.45, 2.75) is 58.2 Å². The number of nitro groups is 1. The van der Waals surface area contributed by atoms with Crippen LogP contribution in [0.2, 0.25) is 5.02 Å². The van der Waals surface area contributed by atoms with E-state index in [0.717, 1.165) is 25.3 Å². The first-order chi connectivity index (χ1) is 11.7. The lowest BCUT2D eigenvalue weighted by molar-refractivity contribution is -0.385. The number of esters is 1. The Morgan fingerprint density at radius 3 is 2.48 bits per heavy atom. The molecule has 0 N–H and O–H groups in total. The Labute approximate surface area is 151 Å². The maximum Gasteiger partial charge on any atom is 0.345 e. The number of ether oxygens (including phenoxy) is 1. The van der Waals surface area contributed by atoms with Gasteiger partial charge in [-0.05, 0) is 52.2 Å². The van der Waals surface area contributed by atoms with Crippen LogP contribution in [0.25, 0.3) is 0 Å². The highest BCUT2D eigenvalue weighted by atomic mass is 35.5. The maximum absolute atomic E-state index is 12.7. The molecule has 8 heteroatoms. The number of nitro benzene ring substituents is 1. The van der Waals surface area contributed by atoms with E-state index in [9.17, 15) is 19.7 Å². The number of likely N-dealkylation sites (tertiary alicyclic amines) is 1. The van der Waals surface area contributed by atoms with Gasteiger partial charge in [-0.2, -0.15) is 0 Å². The molecule has 0 aromatic heterocycles. The second kappa shape index (κ2) is 7.82. The standard InChI is InChI=1S/C17H21ClN2O5/c1-10-5-4-6-11(2)19(10)16(21)12(3)25-17(22)14-9-13(18)7-8-15(14)20(23)24/h7-12H,4-6H2,1-3H3/t10-,11+,12-/m1/s1. The van der Waals surface area contributed by atoms with E-state index in [1.165, 1.54) is 19.1 Å². The number of hydrogen-bond donors (Lipinski definition) is 0. The van der Waals surface area contributed by atoms with Crippen molar-refractivity contribution >= 4 is 29.2 Å². The first kappa shape index (κ1) is 19.2. The summed E-state index contributed by atoms with van der Waals surface area (Å²) in [5.41, 5.74) is -0.675. The van der Waals surface area contributed by atoms with Crippen LogP contribution >= 0.6 is 11.6 Å². The highest BCUT2D eigenvalue weighted by Gasteiger charge is 2.34. The van der Waals surface area contributed by atoms with Gasteiger partial charge in [0.1, 0.15) is 5.56 Å². The van der Waals surface area contributed by atoms with Crippen molar-refractivity contribution in [2.75, 3.05) is 0 Å². The SMILES string of the molecule is C[C@@H]1CCC[C@H](C)N1C(=O)[C@@H](C)OC(=O)c1cc(Cl)ccc1[N+](=O)[O-]. The molecule has 7 nitrogen and oxygen atoms in total. The third-order valence-electron chi connectivity index (χ3n) is 4.45. The highest BCUT2D eigenvalue weighted by molar-refractivity contribution is 6.31. The van der Waals surface area contributed by atoms with Crippen LogP contribution in [-0.2, 0) is 9.53 Å². The first-order valence-corrected chi connectivity index (χ1v) is 8.57. The Balaban J connectivity index is 2.16. The number of carbonyl (C=O) groups excluding carboxylic acids is 2. The molecule has 1 amide bonds. The molecular weight excluding hydrogens is 348 g/mol. The van der Waals surface area contributed by atoms with Crippen LogP contribution in [0.4, 0.5) is 5.69 Å². The van der Waals surface area contributed by atoms with Gasteiger partial charge in [-0.25, -0.2) is 4.79 Å². The average molecular weight is 369 g/mol. The monoisotopic (exact) mass is 368 g/mol. The third kappa shape index (κ3) is 4.28. The number of benzene rings is 1. The summed E-state index contributed by atoms with van der Waals surface area (Å²) in [4.78, 5) is 37.1. The molecule has 1 saturated heterocycles. The van der Waals surface area contributed by atoms with Crippen molar-refractivity contribution in [1.29, 1.82) is 0 Å². The van der Waals surface area contributed by atoms with Gasteiger partial charge in [-0.3, -0.25) is 14.9 Å². The summed E-state index contributed by atoms with van der Waals surface area (Å²) in [5, 5.41) is 11.2. The quantitative estimate of drug-likeness (QED) is 0.460. The fraction of sp³-hybridized carbons (Fsp3) is 0.529. The summed E-state index contributed by atoms with van der Waals surface area (Å²) in [6, 6.07) is 3.77. The molecule has 1 aliphatic rings. The Kier molecular flexibility index (Phi) is 6.00. The molecule has 1 aromatic rings. The van der Waals surface area contributed by atoms with Gasteiger partial charge in [0.15, 0.2) is 6.10 Å². The zero-order chi connectivity index (χ0) is 18.7. The Morgan fingerprint density at radius 1 is 1.32 bits per heavy atom. The van der Waals surface area contributed by atoms with Crippen molar-refractivity contribution in [3.05, 3.63) is 38.9 Å². The molecule has 0 unspecified atom stereocenters. The maximum atomic E-state index is 12.7. The van der Waals surface area contributed by atoms with Gasteiger partial charge >= 0.3 is 5.97 Å². The largest absolute Gasteiger partial charge is 0.449 e. The summed E-state index contributed by atoms with van der Waals surface area (Å²) < 4.78 is 5.20. The summed E-state index contributed by atoms with van der Waals surface area (Å²) in [6.07, 6.45) is 1.82. The summed E-state index contributed by atoms with van der Waals surface area (Å²) in [5.74, 6) is -1.23. The highest BCUT2D eigenvalue weighted by Crippen LogP contribution is 2.26. The van der Waals surface area contributed by atoms with Gasteiger partial charge in [0.05, 0.1) is 4.92 Å². The van der Waals surface area contributed by atoms with Crippen LogP contribution in [0.3, 0.4) is 0 Å². The number of hydrogen-bond acceptors (Lipinski definition) is 5. The predicted molar refractivity (Wildman–Crippen MR) is 92.6 cm³/mol. The van der Waals surface area contributed by atoms with Crippen LogP contribution in [0.15, 0.2) is 18.2 Å². The van der Waals surface area contributed by atoms with E-state index in [1.54, 1.807) is 4.90 Å². The van der Waals surface area contributed by atoms with Gasteiger partial charge in [-0.15, -0.1) is 0 Å². The van der Waals surface area contributed by atoms with Crippen molar-refractivity contribution in [3.63, 3.8) is 0 Å². The van der Waals surface area contributed by atoms with Crippen molar-refractivity contribution in [1.82, 2.24) is 4.90 Å². The predicted octanol–water partition coefficient (Wildman–Crippen LogP) is 3.58. The average Bonchev–Trinajstić information content (AvgIpc) is 2.53. The first-order valence-electron chi connectivity index (χ1n) is 8.19. The van der Waals surface area contributed by atoms with Crippen LogP contribution in [0, 0.1) is 10.1 Å². The lowest BCUT2D eigenvalue weighted by Crippen LogP contribution is -2.51. The van der Waals surface area contributed by atoms with Crippen molar-refractivity contribution < 1.29 is 19.2 Å². The van der Waals surface area contributed by atoms with Crippen molar-refractivity contribution in [2.24, 2.45) is 0 Å². The molecule has 1 aromatic carbocycles. The van der Waals surface area contributed by atoms with Crippen LogP contribution in [0.1, 0.15) is 50.4 Å². The molecule has 1 aliphatic heterocycles. The number of amides is 1. The minimum absolute atomic E-state index is 0.0675. The van der Waals surface area contributed by atoms with Gasteiger partial charge in [0.2, 0.25) is 0 Å². The lowest BCUT2D eigenvalue weighted by atomic mass is 9.97. The smallest absolute Gasteiger partial charge is 0.345 e. The third-order valence-corrected chi connectivity index (χ3v) is 4.69. The molecule has 136 valence electrons. The van der Waals surface area contributed by atoms with Gasteiger partial charge < -0.3 is 9.64 Å². The van der Waals surface area contributed by atoms with E-state index < -0.39 is 22.7 Å². The molecule has 25 heavy (non-hydrogen) atoms. The van der Waals surface area contributed by atoms with E-state index >= 15 is 0 Å². The molecule has 0 radical (unpaired) electrons. The molecule has 0 saturated carbocycles. The van der Waals surface area contributed by atoms with Gasteiger partial charge in [0, 0.05) is 23.2 Å². The minimum Gasteiger partial charge on any atom is -0.449 e. The lowest BCUT2D eigenvalue weighted by Gasteiger charge is -2.40. The fourth-order valence-corrected chi connectivity index (χ4v) is 3.34. The molecular formula is C17H21ClN2O5. The fourth-order valence-electron chi connectivity index (χ4n) is 3.17. The normalized spacial score (nSPS) is 21.5. The number of piperidine rings is 1. The summed E-state index contributed by atoms with van der Waals surface area (Å²) in [7, 11) is 0. The van der Waals surface area contributed by atoms with E-state index in [1.807, 2.05) is 13.8 Å². The molecule has 0 aliphatic carbocycles. The van der Waals surface area contributed by atoms with Crippen LogP contribution < -0.4 is 0 Å². The van der Waals surface area contributed by atoms with Crippen molar-refractivity contribution in [3.8, 4) is 0 Å². The van der Waals surface area contributed by atoms with Gasteiger partial charge in [0.25, 0.3) is 11.6 Å². The summed E-state index contributed by atoms with van der Waals surface area (Å²) in [6.45, 7) is 5.40. The Bertz CT molecular complexity index is 684. The Hall–Kier alpha value is -2.15. The van der Waals surface area contributed by atoms with Crippen LogP contribution in [0.5, 0.6) is 0 Å². The van der Waals surface area contributed by atoms with Crippen LogP contribution in [-0.4, -0.2) is 39.9 Å². The van der Waals surface area contributed by atoms with E-state index in [0.29, 0.717) is 0 Å². The summed E-state index contributed by atoms with van der Waals surface area (Å²) >= 11 is 5.82. The number of halogens is 1. The number of carbonyl (C=O) groups is 2. The molecule has 0 bridgehead atoms. The zero-order valence-electron chi connectivity index (χ0n) is 14.4. The molecule has 2 rings (SSSR count). The Morgan fingerprint density at radius 2 is 1.92 bits per heavy atom. The second-order valence-electron chi connectivity index (χ2n) is 6.34. The molecule has 1 fully saturated rings. The topological polar surface area (TPSA) is 89.8 Å². The molecule has 3 atom stereocenters. The zero-order valence-corrected chi connectivity index (χ0v) is 15.2. The molecule has 1 heterocycles. The number of rotatable bonds is 4. The number of nitrogens with zero attached hydrogens (tertiary/aromatic N) is 2. The van der Waals surface area contributed by atoms with E-state index in [-0.39, 0.29) is 28.6 Å². The van der Waals surface area contributed by atoms with E-state index in [2.05, 4.69) is 0 Å².